The van der Waals surface area contributed by atoms with Crippen molar-refractivity contribution >= 4 is 33.4 Å². The Morgan fingerprint density at radius 3 is 2.38 bits per heavy atom. The van der Waals surface area contributed by atoms with Gasteiger partial charge in [-0.25, -0.2) is 9.37 Å². The maximum Gasteiger partial charge on any atom is 0.272 e. The molecular weight excluding hydrogens is 493 g/mol. The topological polar surface area (TPSA) is 82.2 Å². The lowest BCUT2D eigenvalue weighted by Crippen LogP contribution is -2.49. The number of carbonyl (C=O) groups is 1. The number of rotatable bonds is 4. The van der Waals surface area contributed by atoms with E-state index in [4.69, 9.17) is 0 Å². The molecule has 0 N–H and O–H groups in total. The molecule has 3 aromatic carbocycles. The van der Waals surface area contributed by atoms with Crippen LogP contribution in [0.4, 0.5) is 10.1 Å². The molecule has 0 radical (unpaired) electrons. The summed E-state index contributed by atoms with van der Waals surface area (Å²) in [5.41, 5.74) is 2.88. The van der Waals surface area contributed by atoms with Crippen molar-refractivity contribution in [1.82, 2.24) is 14.5 Å². The summed E-state index contributed by atoms with van der Waals surface area (Å²) in [5, 5.41) is 11.8. The highest BCUT2D eigenvalue weighted by Gasteiger charge is 2.27. The Labute approximate surface area is 224 Å². The standard InChI is InChI=1S/C31H24FN5O2/c32-23-12-9-21(10-13-23)20-37-28-8-4-2-6-24(28)29(25(19-33)30(37)38)35-15-17-36(18-16-35)31(39)27-14-11-22-5-1-3-7-26(22)34-27/h1-14H,15-18,20H2. The molecule has 1 saturated heterocycles. The van der Waals surface area contributed by atoms with Crippen molar-refractivity contribution in [3.8, 4) is 6.07 Å². The smallest absolute Gasteiger partial charge is 0.272 e. The Kier molecular flexibility index (Phi) is 6.25. The van der Waals surface area contributed by atoms with Crippen molar-refractivity contribution in [2.75, 3.05) is 31.1 Å². The summed E-state index contributed by atoms with van der Waals surface area (Å²) in [6, 6.07) is 26.9. The number of piperazine rings is 1. The highest BCUT2D eigenvalue weighted by atomic mass is 19.1. The number of nitriles is 1. The molecule has 0 aliphatic carbocycles. The molecule has 0 unspecified atom stereocenters. The first-order valence-corrected chi connectivity index (χ1v) is 12.7. The van der Waals surface area contributed by atoms with E-state index < -0.39 is 5.56 Å². The van der Waals surface area contributed by atoms with Gasteiger partial charge in [0.1, 0.15) is 23.1 Å². The van der Waals surface area contributed by atoms with E-state index in [1.807, 2.05) is 59.5 Å². The number of fused-ring (bicyclic) bond motifs is 2. The van der Waals surface area contributed by atoms with Gasteiger partial charge in [-0.15, -0.1) is 0 Å². The number of nitrogens with zero attached hydrogens (tertiary/aromatic N) is 5. The number of benzene rings is 3. The largest absolute Gasteiger partial charge is 0.366 e. The number of pyridine rings is 2. The fourth-order valence-corrected chi connectivity index (χ4v) is 5.23. The second-order valence-corrected chi connectivity index (χ2v) is 9.54. The van der Waals surface area contributed by atoms with Gasteiger partial charge in [-0.1, -0.05) is 54.6 Å². The van der Waals surface area contributed by atoms with Crippen LogP contribution in [0.15, 0.2) is 89.7 Å². The van der Waals surface area contributed by atoms with Crippen LogP contribution in [0.3, 0.4) is 0 Å². The number of halogens is 1. The predicted octanol–water partition coefficient (Wildman–Crippen LogP) is 4.57. The van der Waals surface area contributed by atoms with Gasteiger partial charge in [-0.05, 0) is 35.9 Å². The lowest BCUT2D eigenvalue weighted by atomic mass is 10.1. The molecule has 0 bridgehead atoms. The molecular formula is C31H24FN5O2. The first-order chi connectivity index (χ1) is 19.0. The highest BCUT2D eigenvalue weighted by Crippen LogP contribution is 2.30. The molecule has 7 nitrogen and oxygen atoms in total. The van der Waals surface area contributed by atoms with Gasteiger partial charge in [0.2, 0.25) is 0 Å². The minimum absolute atomic E-state index is 0.0618. The average molecular weight is 518 g/mol. The normalized spacial score (nSPS) is 13.5. The SMILES string of the molecule is N#Cc1c(N2CCN(C(=O)c3ccc4ccccc4n3)CC2)c2ccccc2n(Cc2ccc(F)cc2)c1=O. The first kappa shape index (κ1) is 24.3. The summed E-state index contributed by atoms with van der Waals surface area (Å²) in [6.07, 6.45) is 0. The van der Waals surface area contributed by atoms with Gasteiger partial charge in [0.15, 0.2) is 0 Å². The molecule has 8 heteroatoms. The van der Waals surface area contributed by atoms with Crippen LogP contribution in [0.2, 0.25) is 0 Å². The second kappa shape index (κ2) is 10.0. The first-order valence-electron chi connectivity index (χ1n) is 12.7. The van der Waals surface area contributed by atoms with Crippen molar-refractivity contribution < 1.29 is 9.18 Å². The van der Waals surface area contributed by atoms with Gasteiger partial charge in [-0.2, -0.15) is 5.26 Å². The van der Waals surface area contributed by atoms with E-state index >= 15 is 0 Å². The van der Waals surface area contributed by atoms with Crippen LogP contribution in [0.1, 0.15) is 21.6 Å². The van der Waals surface area contributed by atoms with Crippen LogP contribution >= 0.6 is 0 Å². The van der Waals surface area contributed by atoms with Crippen LogP contribution in [0.5, 0.6) is 0 Å². The fourth-order valence-electron chi connectivity index (χ4n) is 5.23. The lowest BCUT2D eigenvalue weighted by Gasteiger charge is -2.37. The van der Waals surface area contributed by atoms with Crippen molar-refractivity contribution in [1.29, 1.82) is 5.26 Å². The van der Waals surface area contributed by atoms with Gasteiger partial charge in [-0.3, -0.25) is 9.59 Å². The quantitative estimate of drug-likeness (QED) is 0.349. The number of hydrogen-bond acceptors (Lipinski definition) is 5. The minimum Gasteiger partial charge on any atom is -0.366 e. The number of anilines is 1. The van der Waals surface area contributed by atoms with Crippen molar-refractivity contribution in [3.05, 3.63) is 118 Å². The Hall–Kier alpha value is -5.03. The molecule has 0 atom stereocenters. The molecule has 1 amide bonds. The fraction of sp³-hybridized carbons (Fsp3) is 0.161. The molecule has 6 rings (SSSR count). The molecule has 0 spiro atoms. The third-order valence-electron chi connectivity index (χ3n) is 7.21. The molecule has 3 heterocycles. The van der Waals surface area contributed by atoms with E-state index in [1.165, 1.54) is 12.1 Å². The summed E-state index contributed by atoms with van der Waals surface area (Å²) in [5.74, 6) is -0.487. The molecule has 192 valence electrons. The Bertz CT molecular complexity index is 1820. The zero-order valence-electron chi connectivity index (χ0n) is 21.0. The third kappa shape index (κ3) is 4.48. The van der Waals surface area contributed by atoms with Crippen molar-refractivity contribution in [2.45, 2.75) is 6.54 Å². The minimum atomic E-state index is -0.394. The molecule has 1 fully saturated rings. The molecule has 1 aliphatic rings. The molecule has 2 aromatic heterocycles. The molecule has 0 saturated carbocycles. The van der Waals surface area contributed by atoms with Crippen LogP contribution in [-0.2, 0) is 6.54 Å². The number of hydrogen-bond donors (Lipinski definition) is 0. The summed E-state index contributed by atoms with van der Waals surface area (Å²) in [4.78, 5) is 35.1. The zero-order valence-corrected chi connectivity index (χ0v) is 21.0. The van der Waals surface area contributed by atoms with Crippen LogP contribution in [-0.4, -0.2) is 46.5 Å². The number of aromatic nitrogens is 2. The highest BCUT2D eigenvalue weighted by molar-refractivity contribution is 5.96. The maximum absolute atomic E-state index is 13.6. The van der Waals surface area contributed by atoms with Crippen LogP contribution in [0.25, 0.3) is 21.8 Å². The van der Waals surface area contributed by atoms with Gasteiger partial charge >= 0.3 is 0 Å². The Balaban J connectivity index is 1.30. The summed E-state index contributed by atoms with van der Waals surface area (Å²) in [6.45, 7) is 2.03. The summed E-state index contributed by atoms with van der Waals surface area (Å²) < 4.78 is 15.0. The Morgan fingerprint density at radius 2 is 1.62 bits per heavy atom. The predicted molar refractivity (Wildman–Crippen MR) is 148 cm³/mol. The van der Waals surface area contributed by atoms with Crippen LogP contribution in [0, 0.1) is 17.1 Å². The van der Waals surface area contributed by atoms with Gasteiger partial charge in [0, 0.05) is 37.0 Å². The average Bonchev–Trinajstić information content (AvgIpc) is 2.98. The van der Waals surface area contributed by atoms with E-state index in [1.54, 1.807) is 27.7 Å². The van der Waals surface area contributed by atoms with E-state index in [2.05, 4.69) is 11.1 Å². The van der Waals surface area contributed by atoms with E-state index in [9.17, 15) is 19.2 Å². The summed E-state index contributed by atoms with van der Waals surface area (Å²) in [7, 11) is 0. The third-order valence-corrected chi connectivity index (χ3v) is 7.21. The summed E-state index contributed by atoms with van der Waals surface area (Å²) >= 11 is 0. The van der Waals surface area contributed by atoms with E-state index in [-0.39, 0.29) is 23.8 Å². The lowest BCUT2D eigenvalue weighted by molar-refractivity contribution is 0.0741. The monoisotopic (exact) mass is 517 g/mol. The van der Waals surface area contributed by atoms with E-state index in [0.29, 0.717) is 43.1 Å². The second-order valence-electron chi connectivity index (χ2n) is 9.54. The van der Waals surface area contributed by atoms with Gasteiger partial charge < -0.3 is 14.4 Å². The van der Waals surface area contributed by atoms with Gasteiger partial charge in [0.05, 0.1) is 23.3 Å². The van der Waals surface area contributed by atoms with Gasteiger partial charge in [0.25, 0.3) is 11.5 Å². The van der Waals surface area contributed by atoms with E-state index in [0.717, 1.165) is 21.9 Å². The number of para-hydroxylation sites is 2. The van der Waals surface area contributed by atoms with Crippen molar-refractivity contribution in [3.63, 3.8) is 0 Å². The van der Waals surface area contributed by atoms with Crippen molar-refractivity contribution in [2.24, 2.45) is 0 Å². The maximum atomic E-state index is 13.6. The molecule has 1 aliphatic heterocycles. The van der Waals surface area contributed by atoms with Crippen LogP contribution < -0.4 is 10.5 Å². The molecule has 39 heavy (non-hydrogen) atoms. The number of amides is 1. The molecule has 5 aromatic rings. The zero-order chi connectivity index (χ0) is 26.9. The Morgan fingerprint density at radius 1 is 0.897 bits per heavy atom. The number of carbonyl (C=O) groups excluding carboxylic acids is 1.